The summed E-state index contributed by atoms with van der Waals surface area (Å²) in [6, 6.07) is 6.41. The van der Waals surface area contributed by atoms with E-state index in [0.717, 1.165) is 5.56 Å². The van der Waals surface area contributed by atoms with Gasteiger partial charge in [0.25, 0.3) is 0 Å². The van der Waals surface area contributed by atoms with E-state index >= 15 is 0 Å². The molecule has 5 heteroatoms. The Kier molecular flexibility index (Phi) is 6.78. The highest BCUT2D eigenvalue weighted by Gasteiger charge is 2.23. The second-order valence-electron chi connectivity index (χ2n) is 5.73. The normalized spacial score (nSPS) is 15.3. The van der Waals surface area contributed by atoms with Crippen LogP contribution in [-0.4, -0.2) is 36.9 Å². The molecule has 0 spiro atoms. The second kappa shape index (κ2) is 8.10. The van der Waals surface area contributed by atoms with Crippen molar-refractivity contribution in [3.63, 3.8) is 0 Å². The molecular weight excluding hydrogens is 273 g/mol. The summed E-state index contributed by atoms with van der Waals surface area (Å²) in [5.74, 6) is -0.256. The number of halogens is 1. The molecule has 0 bridgehead atoms. The third-order valence-corrected chi connectivity index (χ3v) is 3.49. The van der Waals surface area contributed by atoms with Gasteiger partial charge in [-0.15, -0.1) is 0 Å². The van der Waals surface area contributed by atoms with Gasteiger partial charge in [-0.1, -0.05) is 19.1 Å². The maximum atomic E-state index is 13.1. The van der Waals surface area contributed by atoms with Crippen molar-refractivity contribution in [3.8, 4) is 0 Å². The minimum atomic E-state index is -0.762. The SMILES string of the molecule is COC(C)(CO)CNC(=O)CC(C)Cc1cccc(F)c1. The van der Waals surface area contributed by atoms with Crippen LogP contribution in [0.15, 0.2) is 24.3 Å². The lowest BCUT2D eigenvalue weighted by Gasteiger charge is -2.26. The number of aliphatic hydroxyl groups excluding tert-OH is 1. The summed E-state index contributed by atoms with van der Waals surface area (Å²) in [6.45, 7) is 3.77. The van der Waals surface area contributed by atoms with Crippen LogP contribution in [0.3, 0.4) is 0 Å². The van der Waals surface area contributed by atoms with Crippen molar-refractivity contribution in [1.82, 2.24) is 5.32 Å². The van der Waals surface area contributed by atoms with Gasteiger partial charge in [0, 0.05) is 20.1 Å². The van der Waals surface area contributed by atoms with Gasteiger partial charge in [0.2, 0.25) is 5.91 Å². The minimum Gasteiger partial charge on any atom is -0.393 e. The summed E-state index contributed by atoms with van der Waals surface area (Å²) < 4.78 is 18.2. The first kappa shape index (κ1) is 17.6. The van der Waals surface area contributed by atoms with Crippen LogP contribution in [0, 0.1) is 11.7 Å². The van der Waals surface area contributed by atoms with Gasteiger partial charge in [-0.05, 0) is 37.0 Å². The molecule has 0 aromatic heterocycles. The van der Waals surface area contributed by atoms with Crippen molar-refractivity contribution in [2.75, 3.05) is 20.3 Å². The molecular formula is C16H24FNO3. The molecule has 1 aromatic rings. The standard InChI is InChI=1S/C16H24FNO3/c1-12(7-13-5-4-6-14(17)9-13)8-15(20)18-10-16(2,11-19)21-3/h4-6,9,12,19H,7-8,10-11H2,1-3H3,(H,18,20). The maximum Gasteiger partial charge on any atom is 0.220 e. The van der Waals surface area contributed by atoms with Gasteiger partial charge in [-0.3, -0.25) is 4.79 Å². The topological polar surface area (TPSA) is 58.6 Å². The van der Waals surface area contributed by atoms with Gasteiger partial charge in [0.15, 0.2) is 0 Å². The van der Waals surface area contributed by atoms with E-state index in [2.05, 4.69) is 5.32 Å². The molecule has 1 aromatic carbocycles. The first-order valence-electron chi connectivity index (χ1n) is 7.05. The fraction of sp³-hybridized carbons (Fsp3) is 0.562. The van der Waals surface area contributed by atoms with Crippen LogP contribution in [0.4, 0.5) is 4.39 Å². The number of hydrogen-bond acceptors (Lipinski definition) is 3. The number of carbonyl (C=O) groups excluding carboxylic acids is 1. The fourth-order valence-corrected chi connectivity index (χ4v) is 2.01. The first-order valence-corrected chi connectivity index (χ1v) is 7.05. The summed E-state index contributed by atoms with van der Waals surface area (Å²) >= 11 is 0. The van der Waals surface area contributed by atoms with E-state index in [9.17, 15) is 14.3 Å². The monoisotopic (exact) mass is 297 g/mol. The Hall–Kier alpha value is -1.46. The van der Waals surface area contributed by atoms with Gasteiger partial charge >= 0.3 is 0 Å². The van der Waals surface area contributed by atoms with Crippen molar-refractivity contribution in [3.05, 3.63) is 35.6 Å². The lowest BCUT2D eigenvalue weighted by molar-refractivity contribution is -0.123. The fourth-order valence-electron chi connectivity index (χ4n) is 2.01. The molecule has 0 saturated carbocycles. The van der Waals surface area contributed by atoms with Crippen molar-refractivity contribution in [1.29, 1.82) is 0 Å². The summed E-state index contributed by atoms with van der Waals surface area (Å²) in [5, 5.41) is 11.9. The van der Waals surface area contributed by atoms with Crippen LogP contribution < -0.4 is 5.32 Å². The molecule has 0 aliphatic heterocycles. The van der Waals surface area contributed by atoms with Crippen LogP contribution >= 0.6 is 0 Å². The molecule has 0 aliphatic carbocycles. The van der Waals surface area contributed by atoms with E-state index in [4.69, 9.17) is 4.74 Å². The number of benzene rings is 1. The van der Waals surface area contributed by atoms with Crippen molar-refractivity contribution < 1.29 is 19.0 Å². The smallest absolute Gasteiger partial charge is 0.220 e. The van der Waals surface area contributed by atoms with Crippen LogP contribution in [0.25, 0.3) is 0 Å². The van der Waals surface area contributed by atoms with E-state index in [1.54, 1.807) is 13.0 Å². The molecule has 0 radical (unpaired) electrons. The average Bonchev–Trinajstić information content (AvgIpc) is 2.44. The Balaban J connectivity index is 2.40. The average molecular weight is 297 g/mol. The van der Waals surface area contributed by atoms with Crippen molar-refractivity contribution >= 4 is 5.91 Å². The molecule has 2 unspecified atom stereocenters. The quantitative estimate of drug-likeness (QED) is 0.770. The number of methoxy groups -OCH3 is 1. The summed E-state index contributed by atoms with van der Waals surface area (Å²) in [7, 11) is 1.49. The Morgan fingerprint density at radius 1 is 1.52 bits per heavy atom. The molecule has 0 heterocycles. The Bertz CT molecular complexity index is 461. The maximum absolute atomic E-state index is 13.1. The largest absolute Gasteiger partial charge is 0.393 e. The Labute approximate surface area is 125 Å². The number of amides is 1. The van der Waals surface area contributed by atoms with Gasteiger partial charge in [0.05, 0.1) is 6.61 Å². The number of ether oxygens (including phenoxy) is 1. The zero-order chi connectivity index (χ0) is 15.9. The highest BCUT2D eigenvalue weighted by atomic mass is 19.1. The molecule has 2 N–H and O–H groups in total. The lowest BCUT2D eigenvalue weighted by atomic mass is 9.97. The summed E-state index contributed by atoms with van der Waals surface area (Å²) in [5.41, 5.74) is 0.119. The van der Waals surface area contributed by atoms with E-state index in [1.165, 1.54) is 19.2 Å². The van der Waals surface area contributed by atoms with E-state index in [-0.39, 0.29) is 30.8 Å². The number of aliphatic hydroxyl groups is 1. The molecule has 1 amide bonds. The summed E-state index contributed by atoms with van der Waals surface area (Å²) in [4.78, 5) is 11.9. The highest BCUT2D eigenvalue weighted by molar-refractivity contribution is 5.76. The molecule has 2 atom stereocenters. The van der Waals surface area contributed by atoms with Crippen LogP contribution in [0.2, 0.25) is 0 Å². The summed E-state index contributed by atoms with van der Waals surface area (Å²) in [6.07, 6.45) is 0.995. The van der Waals surface area contributed by atoms with E-state index in [0.29, 0.717) is 12.8 Å². The first-order chi connectivity index (χ1) is 9.88. The highest BCUT2D eigenvalue weighted by Crippen LogP contribution is 2.13. The number of rotatable bonds is 8. The van der Waals surface area contributed by atoms with Crippen molar-refractivity contribution in [2.45, 2.75) is 32.3 Å². The van der Waals surface area contributed by atoms with Crippen molar-refractivity contribution in [2.24, 2.45) is 5.92 Å². The van der Waals surface area contributed by atoms with E-state index < -0.39 is 5.60 Å². The molecule has 0 fully saturated rings. The molecule has 4 nitrogen and oxygen atoms in total. The van der Waals surface area contributed by atoms with E-state index in [1.807, 2.05) is 13.0 Å². The number of hydrogen-bond donors (Lipinski definition) is 2. The van der Waals surface area contributed by atoms with Crippen LogP contribution in [-0.2, 0) is 16.0 Å². The predicted octanol–water partition coefficient (Wildman–Crippen LogP) is 1.91. The molecule has 0 aliphatic rings. The number of carbonyl (C=O) groups is 1. The van der Waals surface area contributed by atoms with Gasteiger partial charge < -0.3 is 15.2 Å². The Morgan fingerprint density at radius 2 is 2.24 bits per heavy atom. The zero-order valence-corrected chi connectivity index (χ0v) is 12.9. The molecule has 0 saturated heterocycles. The zero-order valence-electron chi connectivity index (χ0n) is 12.9. The third kappa shape index (κ3) is 6.23. The molecule has 1 rings (SSSR count). The second-order valence-corrected chi connectivity index (χ2v) is 5.73. The van der Waals surface area contributed by atoms with Crippen LogP contribution in [0.1, 0.15) is 25.8 Å². The minimum absolute atomic E-state index is 0.101. The Morgan fingerprint density at radius 3 is 2.81 bits per heavy atom. The van der Waals surface area contributed by atoms with Gasteiger partial charge in [-0.2, -0.15) is 0 Å². The van der Waals surface area contributed by atoms with Gasteiger partial charge in [-0.25, -0.2) is 4.39 Å². The lowest BCUT2D eigenvalue weighted by Crippen LogP contribution is -2.45. The third-order valence-electron chi connectivity index (χ3n) is 3.49. The molecule has 21 heavy (non-hydrogen) atoms. The predicted molar refractivity (Wildman–Crippen MR) is 79.4 cm³/mol. The number of nitrogens with one attached hydrogen (secondary N) is 1. The van der Waals surface area contributed by atoms with Crippen LogP contribution in [0.5, 0.6) is 0 Å². The molecule has 118 valence electrons. The van der Waals surface area contributed by atoms with Gasteiger partial charge in [0.1, 0.15) is 11.4 Å².